The smallest absolute Gasteiger partial charge is 0.261 e. The highest BCUT2D eigenvalue weighted by Gasteiger charge is 2.25. The van der Waals surface area contributed by atoms with Gasteiger partial charge in [-0.1, -0.05) is 46.0 Å². The fraction of sp³-hybridized carbons (Fsp3) is 0.105. The molecule has 144 valence electrons. The molecule has 0 spiro atoms. The molecule has 3 aromatic rings. The Bertz CT molecular complexity index is 1060. The lowest BCUT2D eigenvalue weighted by molar-refractivity contribution is -0.114. The number of benzene rings is 2. The number of hydrogen-bond acceptors (Lipinski definition) is 4. The molecule has 0 saturated heterocycles. The van der Waals surface area contributed by atoms with Crippen LogP contribution in [0.3, 0.4) is 0 Å². The largest absolute Gasteiger partial charge is 0.360 e. The summed E-state index contributed by atoms with van der Waals surface area (Å²) in [6.45, 7) is 3.00. The van der Waals surface area contributed by atoms with Crippen molar-refractivity contribution < 1.29 is 14.1 Å². The number of anilines is 2. The summed E-state index contributed by atoms with van der Waals surface area (Å²) in [5.74, 6) is -0.414. The maximum atomic E-state index is 12.9. The molecule has 0 aliphatic carbocycles. The number of amides is 2. The molecule has 6 nitrogen and oxygen atoms in total. The van der Waals surface area contributed by atoms with Crippen molar-refractivity contribution in [2.45, 2.75) is 13.8 Å². The summed E-state index contributed by atoms with van der Waals surface area (Å²) in [5.41, 5.74) is 1.70. The topological polar surface area (TPSA) is 84.2 Å². The zero-order valence-corrected chi connectivity index (χ0v) is 17.0. The second-order valence-corrected chi connectivity index (χ2v) is 7.11. The molecule has 0 saturated carbocycles. The number of halogens is 3. The highest BCUT2D eigenvalue weighted by atomic mass is 35.5. The van der Waals surface area contributed by atoms with E-state index in [1.54, 1.807) is 37.3 Å². The molecule has 9 heteroatoms. The molecule has 0 aliphatic heterocycles. The van der Waals surface area contributed by atoms with Crippen molar-refractivity contribution in [3.8, 4) is 11.3 Å². The first-order valence-electron chi connectivity index (χ1n) is 8.07. The quantitative estimate of drug-likeness (QED) is 0.537. The number of aromatic nitrogens is 1. The molecule has 2 N–H and O–H groups in total. The van der Waals surface area contributed by atoms with Crippen LogP contribution in [0.1, 0.15) is 23.0 Å². The van der Waals surface area contributed by atoms with Gasteiger partial charge in [-0.3, -0.25) is 9.59 Å². The van der Waals surface area contributed by atoms with Gasteiger partial charge in [0.15, 0.2) is 0 Å². The van der Waals surface area contributed by atoms with Crippen LogP contribution < -0.4 is 10.6 Å². The summed E-state index contributed by atoms with van der Waals surface area (Å²) < 4.78 is 5.20. The van der Waals surface area contributed by atoms with Crippen LogP contribution in [0.5, 0.6) is 0 Å². The summed E-state index contributed by atoms with van der Waals surface area (Å²) in [5, 5.41) is 10.2. The average molecular weight is 439 g/mol. The van der Waals surface area contributed by atoms with E-state index in [1.165, 1.54) is 13.0 Å². The van der Waals surface area contributed by atoms with Crippen molar-refractivity contribution in [1.29, 1.82) is 0 Å². The maximum Gasteiger partial charge on any atom is 0.261 e. The molecule has 2 aromatic carbocycles. The lowest BCUT2D eigenvalue weighted by Gasteiger charge is -2.10. The van der Waals surface area contributed by atoms with E-state index < -0.39 is 5.91 Å². The van der Waals surface area contributed by atoms with Gasteiger partial charge >= 0.3 is 0 Å². The third kappa shape index (κ3) is 4.14. The minimum absolute atomic E-state index is 0.192. The van der Waals surface area contributed by atoms with Gasteiger partial charge in [-0.15, -0.1) is 0 Å². The first-order chi connectivity index (χ1) is 13.3. The van der Waals surface area contributed by atoms with Crippen molar-refractivity contribution in [2.24, 2.45) is 0 Å². The Labute approximate surface area is 175 Å². The van der Waals surface area contributed by atoms with Gasteiger partial charge in [-0.05, 0) is 37.3 Å². The highest BCUT2D eigenvalue weighted by Crippen LogP contribution is 2.37. The van der Waals surface area contributed by atoms with Gasteiger partial charge in [0.25, 0.3) is 5.91 Å². The van der Waals surface area contributed by atoms with E-state index in [2.05, 4.69) is 15.8 Å². The second-order valence-electron chi connectivity index (χ2n) is 5.89. The van der Waals surface area contributed by atoms with Crippen LogP contribution in [-0.4, -0.2) is 17.0 Å². The lowest BCUT2D eigenvalue weighted by Crippen LogP contribution is -2.14. The van der Waals surface area contributed by atoms with E-state index >= 15 is 0 Å². The SMILES string of the molecule is CC(=O)Nc1ccc(NC(=O)c2c(-c3c(Cl)cccc3Cl)noc2C)c(Cl)c1. The van der Waals surface area contributed by atoms with E-state index in [1.807, 2.05) is 0 Å². The van der Waals surface area contributed by atoms with Gasteiger partial charge in [0.1, 0.15) is 17.0 Å². The fourth-order valence-electron chi connectivity index (χ4n) is 2.62. The number of carbonyl (C=O) groups excluding carboxylic acids is 2. The molecule has 2 amide bonds. The summed E-state index contributed by atoms with van der Waals surface area (Å²) >= 11 is 18.7. The van der Waals surface area contributed by atoms with E-state index in [0.717, 1.165) is 0 Å². The number of aryl methyl sites for hydroxylation is 1. The maximum absolute atomic E-state index is 12.9. The van der Waals surface area contributed by atoms with Crippen molar-refractivity contribution in [3.05, 3.63) is 62.8 Å². The van der Waals surface area contributed by atoms with Crippen molar-refractivity contribution >= 4 is 58.0 Å². The van der Waals surface area contributed by atoms with Crippen molar-refractivity contribution in [1.82, 2.24) is 5.16 Å². The summed E-state index contributed by atoms with van der Waals surface area (Å²) in [7, 11) is 0. The Kier molecular flexibility index (Phi) is 5.93. The molecule has 0 unspecified atom stereocenters. The molecule has 3 rings (SSSR count). The third-order valence-electron chi connectivity index (χ3n) is 3.83. The third-order valence-corrected chi connectivity index (χ3v) is 4.77. The Morgan fingerprint density at radius 1 is 1.00 bits per heavy atom. The van der Waals surface area contributed by atoms with Crippen LogP contribution >= 0.6 is 34.8 Å². The first-order valence-corrected chi connectivity index (χ1v) is 9.20. The van der Waals surface area contributed by atoms with Gasteiger partial charge < -0.3 is 15.2 Å². The Morgan fingerprint density at radius 3 is 2.29 bits per heavy atom. The number of carbonyl (C=O) groups is 2. The van der Waals surface area contributed by atoms with E-state index in [9.17, 15) is 9.59 Å². The monoisotopic (exact) mass is 437 g/mol. The van der Waals surface area contributed by atoms with Gasteiger partial charge in [0.2, 0.25) is 5.91 Å². The fourth-order valence-corrected chi connectivity index (χ4v) is 3.42. The normalized spacial score (nSPS) is 10.6. The molecule has 1 aromatic heterocycles. The first kappa shape index (κ1) is 20.2. The molecule has 0 bridgehead atoms. The molecule has 0 aliphatic rings. The lowest BCUT2D eigenvalue weighted by atomic mass is 10.1. The standard InChI is InChI=1S/C19H14Cl3N3O3/c1-9-16(18(25-28-9)17-12(20)4-3-5-13(17)21)19(27)24-15-7-6-11(8-14(15)22)23-10(2)26/h3-8H,1-2H3,(H,23,26)(H,24,27). The van der Waals surface area contributed by atoms with Crippen LogP contribution in [0.2, 0.25) is 15.1 Å². The molecular weight excluding hydrogens is 425 g/mol. The van der Waals surface area contributed by atoms with Gasteiger partial charge in [-0.25, -0.2) is 0 Å². The van der Waals surface area contributed by atoms with Crippen LogP contribution in [-0.2, 0) is 4.79 Å². The Hall–Kier alpha value is -2.54. The predicted octanol–water partition coefficient (Wildman–Crippen LogP) is 5.82. The van der Waals surface area contributed by atoms with Gasteiger partial charge in [0, 0.05) is 18.2 Å². The summed E-state index contributed by atoms with van der Waals surface area (Å²) in [6.07, 6.45) is 0. The molecule has 0 atom stereocenters. The van der Waals surface area contributed by atoms with Crippen LogP contribution in [0.25, 0.3) is 11.3 Å². The summed E-state index contributed by atoms with van der Waals surface area (Å²) in [6, 6.07) is 9.71. The molecular formula is C19H14Cl3N3O3. The van der Waals surface area contributed by atoms with Gasteiger partial charge in [0.05, 0.1) is 20.8 Å². The molecule has 28 heavy (non-hydrogen) atoms. The molecule has 0 fully saturated rings. The second kappa shape index (κ2) is 8.22. The van der Waals surface area contributed by atoms with Crippen LogP contribution in [0, 0.1) is 6.92 Å². The van der Waals surface area contributed by atoms with E-state index in [0.29, 0.717) is 32.7 Å². The van der Waals surface area contributed by atoms with Crippen LogP contribution in [0.4, 0.5) is 11.4 Å². The van der Waals surface area contributed by atoms with Crippen molar-refractivity contribution in [3.63, 3.8) is 0 Å². The van der Waals surface area contributed by atoms with E-state index in [-0.39, 0.29) is 22.2 Å². The number of hydrogen-bond donors (Lipinski definition) is 2. The number of nitrogens with one attached hydrogen (secondary N) is 2. The number of rotatable bonds is 4. The zero-order chi connectivity index (χ0) is 20.4. The zero-order valence-electron chi connectivity index (χ0n) is 14.8. The predicted molar refractivity (Wildman–Crippen MR) is 110 cm³/mol. The number of nitrogens with zero attached hydrogens (tertiary/aromatic N) is 1. The highest BCUT2D eigenvalue weighted by molar-refractivity contribution is 6.39. The minimum atomic E-state index is -0.487. The van der Waals surface area contributed by atoms with E-state index in [4.69, 9.17) is 39.3 Å². The van der Waals surface area contributed by atoms with Gasteiger partial charge in [-0.2, -0.15) is 0 Å². The van der Waals surface area contributed by atoms with Crippen LogP contribution in [0.15, 0.2) is 40.9 Å². The average Bonchev–Trinajstić information content (AvgIpc) is 2.98. The minimum Gasteiger partial charge on any atom is -0.360 e. The van der Waals surface area contributed by atoms with Crippen molar-refractivity contribution in [2.75, 3.05) is 10.6 Å². The summed E-state index contributed by atoms with van der Waals surface area (Å²) in [4.78, 5) is 24.0. The Morgan fingerprint density at radius 2 is 1.68 bits per heavy atom. The molecule has 1 heterocycles. The Balaban J connectivity index is 1.95. The molecule has 0 radical (unpaired) electrons.